The van der Waals surface area contributed by atoms with Gasteiger partial charge in [-0.1, -0.05) is 12.1 Å². The monoisotopic (exact) mass is 273 g/mol. The van der Waals surface area contributed by atoms with Crippen molar-refractivity contribution in [2.45, 2.75) is 26.3 Å². The highest BCUT2D eigenvalue weighted by atomic mass is 16.5. The van der Waals surface area contributed by atoms with Crippen molar-refractivity contribution in [1.29, 1.82) is 0 Å². The zero-order valence-corrected chi connectivity index (χ0v) is 11.7. The summed E-state index contributed by atoms with van der Waals surface area (Å²) in [5, 5.41) is 0. The first-order valence-electron chi connectivity index (χ1n) is 6.65. The zero-order valence-electron chi connectivity index (χ0n) is 11.7. The molecule has 0 amide bonds. The summed E-state index contributed by atoms with van der Waals surface area (Å²) < 4.78 is 11.1. The highest BCUT2D eigenvalue weighted by molar-refractivity contribution is 5.40. The van der Waals surface area contributed by atoms with Crippen LogP contribution < -0.4 is 15.2 Å². The van der Waals surface area contributed by atoms with Crippen LogP contribution >= 0.6 is 0 Å². The smallest absolute Gasteiger partial charge is 0.322 e. The first-order chi connectivity index (χ1) is 9.69. The Balaban J connectivity index is 2.10. The Morgan fingerprint density at radius 3 is 2.40 bits per heavy atom. The second-order valence-electron chi connectivity index (χ2n) is 4.54. The average molecular weight is 273 g/mol. The van der Waals surface area contributed by atoms with E-state index in [0.29, 0.717) is 24.1 Å². The van der Waals surface area contributed by atoms with Gasteiger partial charge in [0.2, 0.25) is 0 Å². The van der Waals surface area contributed by atoms with E-state index < -0.39 is 0 Å². The fourth-order valence-electron chi connectivity index (χ4n) is 1.78. The van der Waals surface area contributed by atoms with Crippen LogP contribution in [0.1, 0.15) is 19.4 Å². The molecule has 0 bridgehead atoms. The van der Waals surface area contributed by atoms with Gasteiger partial charge in [-0.05, 0) is 38.0 Å². The maximum Gasteiger partial charge on any atom is 0.322 e. The molecule has 0 radical (unpaired) electrons. The Morgan fingerprint density at radius 2 is 1.80 bits per heavy atom. The second kappa shape index (κ2) is 6.86. The first kappa shape index (κ1) is 14.3. The van der Waals surface area contributed by atoms with E-state index in [-0.39, 0.29) is 6.04 Å². The summed E-state index contributed by atoms with van der Waals surface area (Å²) in [6.07, 6.45) is 4.21. The lowest BCUT2D eigenvalue weighted by Crippen LogP contribution is -2.17. The molecule has 20 heavy (non-hydrogen) atoms. The van der Waals surface area contributed by atoms with Crippen molar-refractivity contribution in [3.63, 3.8) is 0 Å². The minimum Gasteiger partial charge on any atom is -0.490 e. The molecule has 106 valence electrons. The topological polar surface area (TPSA) is 70.3 Å². The Bertz CT molecular complexity index is 541. The van der Waals surface area contributed by atoms with Gasteiger partial charge in [-0.15, -0.1) is 0 Å². The number of nitrogens with zero attached hydrogens (tertiary/aromatic N) is 2. The molecule has 0 aliphatic heterocycles. The molecular weight excluding hydrogens is 254 g/mol. The summed E-state index contributed by atoms with van der Waals surface area (Å²) in [6, 6.07) is 7.83. The molecule has 1 heterocycles. The van der Waals surface area contributed by atoms with E-state index in [0.717, 1.165) is 12.0 Å². The predicted octanol–water partition coefficient (Wildman–Crippen LogP) is 2.56. The fourth-order valence-corrected chi connectivity index (χ4v) is 1.78. The van der Waals surface area contributed by atoms with Crippen molar-refractivity contribution in [3.05, 3.63) is 42.2 Å². The molecule has 5 nitrogen and oxygen atoms in total. The van der Waals surface area contributed by atoms with Gasteiger partial charge >= 0.3 is 6.01 Å². The van der Waals surface area contributed by atoms with Crippen LogP contribution in [0.25, 0.3) is 0 Å². The van der Waals surface area contributed by atoms with Crippen molar-refractivity contribution in [1.82, 2.24) is 9.97 Å². The molecule has 1 aromatic carbocycles. The molecular formula is C15H19N3O2. The number of benzene rings is 1. The molecule has 1 atom stereocenters. The molecule has 2 aromatic rings. The van der Waals surface area contributed by atoms with Crippen LogP contribution in [0.3, 0.4) is 0 Å². The van der Waals surface area contributed by atoms with Crippen LogP contribution in [0.15, 0.2) is 36.7 Å². The minimum atomic E-state index is 0.0871. The number of nitrogens with two attached hydrogens (primary N) is 1. The average Bonchev–Trinajstić information content (AvgIpc) is 2.43. The summed E-state index contributed by atoms with van der Waals surface area (Å²) in [7, 11) is 0. The molecule has 0 saturated carbocycles. The molecule has 0 saturated heterocycles. The van der Waals surface area contributed by atoms with Gasteiger partial charge in [0.15, 0.2) is 11.5 Å². The Morgan fingerprint density at radius 1 is 1.15 bits per heavy atom. The van der Waals surface area contributed by atoms with Crippen molar-refractivity contribution < 1.29 is 9.47 Å². The molecule has 0 aliphatic rings. The molecule has 2 N–H and O–H groups in total. The summed E-state index contributed by atoms with van der Waals surface area (Å²) in [5.74, 6) is 1.28. The number of hydrogen-bond donors (Lipinski definition) is 1. The summed E-state index contributed by atoms with van der Waals surface area (Å²) >= 11 is 0. The fraction of sp³-hybridized carbons (Fsp3) is 0.333. The van der Waals surface area contributed by atoms with Gasteiger partial charge in [-0.25, -0.2) is 9.97 Å². The maximum atomic E-state index is 5.74. The van der Waals surface area contributed by atoms with E-state index in [9.17, 15) is 0 Å². The van der Waals surface area contributed by atoms with Crippen LogP contribution in [-0.4, -0.2) is 22.6 Å². The summed E-state index contributed by atoms with van der Waals surface area (Å²) in [6.45, 7) is 4.45. The van der Waals surface area contributed by atoms with Crippen LogP contribution in [0.5, 0.6) is 17.5 Å². The number of aromatic nitrogens is 2. The van der Waals surface area contributed by atoms with Crippen LogP contribution in [0, 0.1) is 0 Å². The van der Waals surface area contributed by atoms with Gasteiger partial charge in [-0.3, -0.25) is 0 Å². The maximum absolute atomic E-state index is 5.74. The van der Waals surface area contributed by atoms with E-state index in [1.54, 1.807) is 12.4 Å². The SMILES string of the molecule is CCOc1ccccc1Oc1ncc(CC(C)N)cn1. The zero-order chi connectivity index (χ0) is 14.4. The predicted molar refractivity (Wildman–Crippen MR) is 77.1 cm³/mol. The Hall–Kier alpha value is -2.14. The third-order valence-electron chi connectivity index (χ3n) is 2.59. The third kappa shape index (κ3) is 3.93. The van der Waals surface area contributed by atoms with Crippen molar-refractivity contribution in [3.8, 4) is 17.5 Å². The van der Waals surface area contributed by atoms with Gasteiger partial charge in [-0.2, -0.15) is 0 Å². The molecule has 1 unspecified atom stereocenters. The minimum absolute atomic E-state index is 0.0871. The molecule has 1 aromatic heterocycles. The molecule has 0 spiro atoms. The quantitative estimate of drug-likeness (QED) is 0.875. The molecule has 0 fully saturated rings. The highest BCUT2D eigenvalue weighted by Gasteiger charge is 2.07. The normalized spacial score (nSPS) is 11.9. The summed E-state index contributed by atoms with van der Waals surface area (Å²) in [4.78, 5) is 8.37. The van der Waals surface area contributed by atoms with E-state index in [1.165, 1.54) is 0 Å². The highest BCUT2D eigenvalue weighted by Crippen LogP contribution is 2.29. The third-order valence-corrected chi connectivity index (χ3v) is 2.59. The number of hydrogen-bond acceptors (Lipinski definition) is 5. The first-order valence-corrected chi connectivity index (χ1v) is 6.65. The lowest BCUT2D eigenvalue weighted by Gasteiger charge is -2.10. The largest absolute Gasteiger partial charge is 0.490 e. The lowest BCUT2D eigenvalue weighted by molar-refractivity contribution is 0.317. The Kier molecular flexibility index (Phi) is 4.90. The van der Waals surface area contributed by atoms with E-state index >= 15 is 0 Å². The van der Waals surface area contributed by atoms with Gasteiger partial charge < -0.3 is 15.2 Å². The molecule has 0 aliphatic carbocycles. The van der Waals surface area contributed by atoms with Gasteiger partial charge in [0.05, 0.1) is 6.61 Å². The van der Waals surface area contributed by atoms with Crippen LogP contribution in [0.2, 0.25) is 0 Å². The molecule has 5 heteroatoms. The second-order valence-corrected chi connectivity index (χ2v) is 4.54. The van der Waals surface area contributed by atoms with Gasteiger partial charge in [0.25, 0.3) is 0 Å². The summed E-state index contributed by atoms with van der Waals surface area (Å²) in [5.41, 5.74) is 6.73. The molecule has 2 rings (SSSR count). The number of ether oxygens (including phenoxy) is 2. The van der Waals surface area contributed by atoms with Crippen molar-refractivity contribution >= 4 is 0 Å². The number of rotatable bonds is 6. The van der Waals surface area contributed by atoms with E-state index in [4.69, 9.17) is 15.2 Å². The lowest BCUT2D eigenvalue weighted by atomic mass is 10.1. The van der Waals surface area contributed by atoms with Crippen molar-refractivity contribution in [2.24, 2.45) is 5.73 Å². The van der Waals surface area contributed by atoms with Gasteiger partial charge in [0.1, 0.15) is 0 Å². The van der Waals surface area contributed by atoms with Crippen LogP contribution in [-0.2, 0) is 6.42 Å². The van der Waals surface area contributed by atoms with E-state index in [2.05, 4.69) is 9.97 Å². The standard InChI is InChI=1S/C15H19N3O2/c1-3-19-13-6-4-5-7-14(13)20-15-17-9-12(10-18-15)8-11(2)16/h4-7,9-11H,3,8,16H2,1-2H3. The van der Waals surface area contributed by atoms with Crippen LogP contribution in [0.4, 0.5) is 0 Å². The van der Waals surface area contributed by atoms with Gasteiger partial charge in [0, 0.05) is 18.4 Å². The van der Waals surface area contributed by atoms with E-state index in [1.807, 2.05) is 38.1 Å². The van der Waals surface area contributed by atoms with Crippen molar-refractivity contribution in [2.75, 3.05) is 6.61 Å². The Labute approximate surface area is 118 Å². The number of para-hydroxylation sites is 2.